The van der Waals surface area contributed by atoms with Crippen LogP contribution in [0.4, 0.5) is 17.6 Å². The predicted molar refractivity (Wildman–Crippen MR) is 76.2 cm³/mol. The van der Waals surface area contributed by atoms with Crippen LogP contribution in [0.15, 0.2) is 29.4 Å². The zero-order chi connectivity index (χ0) is 17.0. The van der Waals surface area contributed by atoms with E-state index in [1.165, 1.54) is 25.1 Å². The molecule has 10 heteroatoms. The van der Waals surface area contributed by atoms with Gasteiger partial charge in [0, 0.05) is 0 Å². The molecule has 0 saturated heterocycles. The molecule has 0 aliphatic rings. The molecule has 0 saturated carbocycles. The molecule has 0 aliphatic carbocycles. The van der Waals surface area contributed by atoms with Crippen molar-refractivity contribution in [2.45, 2.75) is 23.5 Å². The number of aromatic nitrogens is 3. The van der Waals surface area contributed by atoms with Gasteiger partial charge in [-0.2, -0.15) is 13.2 Å². The lowest BCUT2D eigenvalue weighted by Gasteiger charge is -2.11. The van der Waals surface area contributed by atoms with Crippen LogP contribution >= 0.6 is 11.8 Å². The van der Waals surface area contributed by atoms with Crippen molar-refractivity contribution in [2.75, 3.05) is 6.54 Å². The molecule has 1 atom stereocenters. The van der Waals surface area contributed by atoms with E-state index in [0.29, 0.717) is 0 Å². The van der Waals surface area contributed by atoms with Crippen LogP contribution in [-0.4, -0.2) is 39.1 Å². The number of hydrogen-bond donors (Lipinski definition) is 2. The highest BCUT2D eigenvalue weighted by molar-refractivity contribution is 8.00. The minimum absolute atomic E-state index is 0.137. The highest BCUT2D eigenvalue weighted by Gasteiger charge is 2.29. The van der Waals surface area contributed by atoms with Crippen LogP contribution in [0.1, 0.15) is 6.92 Å². The lowest BCUT2D eigenvalue weighted by Crippen LogP contribution is -2.38. The second-order valence-corrected chi connectivity index (χ2v) is 5.85. The molecule has 0 radical (unpaired) electrons. The topological polar surface area (TPSA) is 70.7 Å². The summed E-state index contributed by atoms with van der Waals surface area (Å²) < 4.78 is 49.8. The molecule has 1 aromatic carbocycles. The van der Waals surface area contributed by atoms with Gasteiger partial charge < -0.3 is 5.32 Å². The van der Waals surface area contributed by atoms with Crippen LogP contribution in [-0.2, 0) is 4.79 Å². The first-order chi connectivity index (χ1) is 10.8. The lowest BCUT2D eigenvalue weighted by molar-refractivity contribution is -0.137. The molecule has 124 valence electrons. The molecule has 1 amide bonds. The van der Waals surface area contributed by atoms with Gasteiger partial charge in [-0.15, -0.1) is 5.10 Å². The second-order valence-electron chi connectivity index (χ2n) is 4.54. The Bertz CT molecular complexity index is 689. The van der Waals surface area contributed by atoms with Crippen molar-refractivity contribution in [3.63, 3.8) is 0 Å². The highest BCUT2D eigenvalue weighted by Crippen LogP contribution is 2.24. The fourth-order valence-electron chi connectivity index (χ4n) is 1.62. The molecular weight excluding hydrogens is 336 g/mol. The maximum atomic E-state index is 13.6. The van der Waals surface area contributed by atoms with Gasteiger partial charge in [0.05, 0.1) is 10.8 Å². The Morgan fingerprint density at radius 1 is 1.39 bits per heavy atom. The summed E-state index contributed by atoms with van der Waals surface area (Å²) in [4.78, 5) is 15.6. The summed E-state index contributed by atoms with van der Waals surface area (Å²) in [5.74, 6) is -1.10. The Kier molecular flexibility index (Phi) is 5.24. The van der Waals surface area contributed by atoms with E-state index in [0.717, 1.165) is 11.8 Å². The third kappa shape index (κ3) is 4.95. The summed E-state index contributed by atoms with van der Waals surface area (Å²) >= 11 is 0.868. The van der Waals surface area contributed by atoms with E-state index in [4.69, 9.17) is 0 Å². The SMILES string of the molecule is CC(Sc1n[nH]c(-c2ccccc2F)n1)C(=O)NCC(F)(F)F. The minimum atomic E-state index is -4.47. The van der Waals surface area contributed by atoms with E-state index in [-0.39, 0.29) is 16.5 Å². The largest absolute Gasteiger partial charge is 0.405 e. The molecule has 5 nitrogen and oxygen atoms in total. The fraction of sp³-hybridized carbons (Fsp3) is 0.308. The van der Waals surface area contributed by atoms with E-state index in [9.17, 15) is 22.4 Å². The third-order valence-electron chi connectivity index (χ3n) is 2.71. The average Bonchev–Trinajstić information content (AvgIpc) is 2.92. The summed E-state index contributed by atoms with van der Waals surface area (Å²) in [6.07, 6.45) is -4.47. The zero-order valence-corrected chi connectivity index (χ0v) is 12.6. The number of H-pyrrole nitrogens is 1. The Morgan fingerprint density at radius 3 is 2.74 bits per heavy atom. The van der Waals surface area contributed by atoms with E-state index < -0.39 is 29.7 Å². The van der Waals surface area contributed by atoms with Gasteiger partial charge in [0.15, 0.2) is 5.82 Å². The summed E-state index contributed by atoms with van der Waals surface area (Å²) in [5, 5.41) is 7.44. The summed E-state index contributed by atoms with van der Waals surface area (Å²) in [6.45, 7) is 0.0285. The van der Waals surface area contributed by atoms with Crippen molar-refractivity contribution in [1.82, 2.24) is 20.5 Å². The molecular formula is C13H12F4N4OS. The van der Waals surface area contributed by atoms with E-state index in [1.54, 1.807) is 11.4 Å². The Balaban J connectivity index is 1.99. The minimum Gasteiger partial charge on any atom is -0.346 e. The summed E-state index contributed by atoms with van der Waals surface area (Å²) in [6, 6.07) is 5.92. The number of halogens is 4. The van der Waals surface area contributed by atoms with E-state index in [2.05, 4.69) is 15.2 Å². The van der Waals surface area contributed by atoms with Crippen LogP contribution in [0, 0.1) is 5.82 Å². The van der Waals surface area contributed by atoms with Gasteiger partial charge in [0.25, 0.3) is 0 Å². The molecule has 2 aromatic rings. The quantitative estimate of drug-likeness (QED) is 0.644. The summed E-state index contributed by atoms with van der Waals surface area (Å²) in [7, 11) is 0. The number of thioether (sulfide) groups is 1. The fourth-order valence-corrected chi connectivity index (χ4v) is 2.36. The number of carbonyl (C=O) groups is 1. The van der Waals surface area contributed by atoms with Crippen molar-refractivity contribution < 1.29 is 22.4 Å². The number of amides is 1. The molecule has 0 fully saturated rings. The molecule has 0 spiro atoms. The number of nitrogens with one attached hydrogen (secondary N) is 2. The van der Waals surface area contributed by atoms with Gasteiger partial charge in [-0.1, -0.05) is 23.9 Å². The third-order valence-corrected chi connectivity index (χ3v) is 3.67. The smallest absolute Gasteiger partial charge is 0.346 e. The first-order valence-corrected chi connectivity index (χ1v) is 7.32. The van der Waals surface area contributed by atoms with Gasteiger partial charge in [-0.3, -0.25) is 9.89 Å². The van der Waals surface area contributed by atoms with Crippen molar-refractivity contribution in [3.05, 3.63) is 30.1 Å². The number of rotatable bonds is 5. The van der Waals surface area contributed by atoms with Crippen LogP contribution < -0.4 is 5.32 Å². The Labute approximate surface area is 132 Å². The highest BCUT2D eigenvalue weighted by atomic mass is 32.2. The lowest BCUT2D eigenvalue weighted by atomic mass is 10.2. The van der Waals surface area contributed by atoms with Crippen molar-refractivity contribution >= 4 is 17.7 Å². The molecule has 1 unspecified atom stereocenters. The van der Waals surface area contributed by atoms with Gasteiger partial charge in [0.2, 0.25) is 11.1 Å². The Morgan fingerprint density at radius 2 is 2.09 bits per heavy atom. The zero-order valence-electron chi connectivity index (χ0n) is 11.8. The monoisotopic (exact) mass is 348 g/mol. The normalized spacial score (nSPS) is 12.9. The van der Waals surface area contributed by atoms with Crippen molar-refractivity contribution in [1.29, 1.82) is 0 Å². The standard InChI is InChI=1S/C13H12F4N4OS/c1-7(11(22)18-6-13(15,16)17)23-12-19-10(20-21-12)8-4-2-3-5-9(8)14/h2-5,7H,6H2,1H3,(H,18,22)(H,19,20,21). The number of carbonyl (C=O) groups excluding carboxylic acids is 1. The second kappa shape index (κ2) is 6.99. The Hall–Kier alpha value is -2.10. The number of benzene rings is 1. The maximum absolute atomic E-state index is 13.6. The molecule has 1 heterocycles. The molecule has 2 N–H and O–H groups in total. The molecule has 2 rings (SSSR count). The predicted octanol–water partition coefficient (Wildman–Crippen LogP) is 2.77. The number of hydrogen-bond acceptors (Lipinski definition) is 4. The molecule has 23 heavy (non-hydrogen) atoms. The van der Waals surface area contributed by atoms with Crippen molar-refractivity contribution in [2.24, 2.45) is 0 Å². The van der Waals surface area contributed by atoms with Crippen LogP contribution in [0.2, 0.25) is 0 Å². The molecule has 1 aromatic heterocycles. The van der Waals surface area contributed by atoms with Gasteiger partial charge >= 0.3 is 6.18 Å². The van der Waals surface area contributed by atoms with Crippen LogP contribution in [0.25, 0.3) is 11.4 Å². The van der Waals surface area contributed by atoms with E-state index in [1.807, 2.05) is 0 Å². The number of alkyl halides is 3. The first-order valence-electron chi connectivity index (χ1n) is 6.44. The number of aromatic amines is 1. The van der Waals surface area contributed by atoms with Gasteiger partial charge in [-0.05, 0) is 19.1 Å². The maximum Gasteiger partial charge on any atom is 0.405 e. The van der Waals surface area contributed by atoms with Gasteiger partial charge in [-0.25, -0.2) is 9.37 Å². The van der Waals surface area contributed by atoms with Crippen molar-refractivity contribution in [3.8, 4) is 11.4 Å². The number of nitrogens with zero attached hydrogens (tertiary/aromatic N) is 2. The van der Waals surface area contributed by atoms with Crippen LogP contribution in [0.3, 0.4) is 0 Å². The van der Waals surface area contributed by atoms with Gasteiger partial charge in [0.1, 0.15) is 12.4 Å². The molecule has 0 bridgehead atoms. The van der Waals surface area contributed by atoms with E-state index >= 15 is 0 Å². The van der Waals surface area contributed by atoms with Crippen LogP contribution in [0.5, 0.6) is 0 Å². The summed E-state index contributed by atoms with van der Waals surface area (Å²) in [5.41, 5.74) is 0.209. The molecule has 0 aliphatic heterocycles. The average molecular weight is 348 g/mol. The first kappa shape index (κ1) is 17.3.